The van der Waals surface area contributed by atoms with E-state index in [1.165, 1.54) is 12.1 Å². The van der Waals surface area contributed by atoms with Gasteiger partial charge in [-0.1, -0.05) is 5.92 Å². The van der Waals surface area contributed by atoms with Crippen LogP contribution < -0.4 is 5.73 Å². The van der Waals surface area contributed by atoms with Crippen LogP contribution in [0.4, 0.5) is 10.1 Å². The molecule has 0 amide bonds. The van der Waals surface area contributed by atoms with Crippen LogP contribution in [0.1, 0.15) is 11.1 Å². The number of carbonyl (C=O) groups is 1. The summed E-state index contributed by atoms with van der Waals surface area (Å²) in [6.45, 7) is 1.75. The van der Waals surface area contributed by atoms with Crippen molar-refractivity contribution in [3.05, 3.63) is 29.1 Å². The maximum atomic E-state index is 12.9. The molecule has 0 heterocycles. The smallest absolute Gasteiger partial charge is 0.193 e. The minimum Gasteiger partial charge on any atom is -0.396 e. The average Bonchev–Trinajstić information content (AvgIpc) is 2.09. The third-order valence-electron chi connectivity index (χ3n) is 1.61. The second-order valence-electron chi connectivity index (χ2n) is 2.58. The van der Waals surface area contributed by atoms with Gasteiger partial charge in [0.05, 0.1) is 5.69 Å². The molecule has 0 atom stereocenters. The summed E-state index contributed by atoms with van der Waals surface area (Å²) >= 11 is 0. The molecular weight excluding hydrogens is 169 g/mol. The Kier molecular flexibility index (Phi) is 2.65. The molecule has 0 bridgehead atoms. The number of halogens is 1. The largest absolute Gasteiger partial charge is 0.396 e. The highest BCUT2D eigenvalue weighted by molar-refractivity contribution is 5.74. The zero-order valence-electron chi connectivity index (χ0n) is 7.10. The summed E-state index contributed by atoms with van der Waals surface area (Å²) in [6.07, 6.45) is 0.466. The third-order valence-corrected chi connectivity index (χ3v) is 1.61. The van der Waals surface area contributed by atoms with E-state index in [1.807, 2.05) is 0 Å². The summed E-state index contributed by atoms with van der Waals surface area (Å²) in [5.41, 5.74) is 6.66. The molecule has 3 heteroatoms. The number of benzene rings is 1. The normalized spacial score (nSPS) is 8.77. The van der Waals surface area contributed by atoms with Crippen LogP contribution in [0.3, 0.4) is 0 Å². The van der Waals surface area contributed by atoms with Gasteiger partial charge in [-0.05, 0) is 30.5 Å². The van der Waals surface area contributed by atoms with Gasteiger partial charge < -0.3 is 5.73 Å². The lowest BCUT2D eigenvalue weighted by Gasteiger charge is -2.00. The zero-order chi connectivity index (χ0) is 9.84. The van der Waals surface area contributed by atoms with Crippen LogP contribution in [-0.4, -0.2) is 6.29 Å². The van der Waals surface area contributed by atoms with E-state index in [-0.39, 0.29) is 5.69 Å². The number of rotatable bonds is 0. The Morgan fingerprint density at radius 2 is 2.23 bits per heavy atom. The first-order valence-electron chi connectivity index (χ1n) is 3.66. The highest BCUT2D eigenvalue weighted by Crippen LogP contribution is 2.15. The second-order valence-corrected chi connectivity index (χ2v) is 2.58. The van der Waals surface area contributed by atoms with Crippen molar-refractivity contribution in [2.75, 3.05) is 5.73 Å². The molecule has 0 radical (unpaired) electrons. The van der Waals surface area contributed by atoms with Gasteiger partial charge in [0, 0.05) is 5.56 Å². The highest BCUT2D eigenvalue weighted by Gasteiger charge is 2.01. The van der Waals surface area contributed by atoms with Gasteiger partial charge in [-0.25, -0.2) is 4.39 Å². The molecule has 0 saturated carbocycles. The van der Waals surface area contributed by atoms with Crippen molar-refractivity contribution in [3.8, 4) is 11.8 Å². The van der Waals surface area contributed by atoms with Crippen molar-refractivity contribution in [3.63, 3.8) is 0 Å². The lowest BCUT2D eigenvalue weighted by molar-refractivity contribution is -0.103. The molecule has 1 aromatic carbocycles. The van der Waals surface area contributed by atoms with Crippen molar-refractivity contribution in [2.45, 2.75) is 6.92 Å². The molecule has 0 fully saturated rings. The van der Waals surface area contributed by atoms with Crippen molar-refractivity contribution in [1.82, 2.24) is 0 Å². The summed E-state index contributed by atoms with van der Waals surface area (Å²) in [7, 11) is 0. The molecule has 0 unspecified atom stereocenters. The Balaban J connectivity index is 3.23. The van der Waals surface area contributed by atoms with Gasteiger partial charge in [-0.15, -0.1) is 0 Å². The fourth-order valence-electron chi connectivity index (χ4n) is 0.946. The summed E-state index contributed by atoms with van der Waals surface area (Å²) in [6, 6.07) is 2.71. The number of nitrogens with two attached hydrogens (primary N) is 1. The van der Waals surface area contributed by atoms with E-state index in [0.29, 0.717) is 11.8 Å². The Bertz CT molecular complexity index is 401. The third kappa shape index (κ3) is 2.06. The molecule has 0 saturated heterocycles. The van der Waals surface area contributed by atoms with Crippen LogP contribution in [0.25, 0.3) is 0 Å². The van der Waals surface area contributed by atoms with Gasteiger partial charge in [0.1, 0.15) is 5.82 Å². The standard InChI is InChI=1S/C10H8FNO/c1-7-5-10(12)9(11)6-8(7)3-2-4-13/h4-6H,12H2,1H3. The van der Waals surface area contributed by atoms with Gasteiger partial charge in [-0.3, -0.25) is 4.79 Å². The fraction of sp³-hybridized carbons (Fsp3) is 0.100. The van der Waals surface area contributed by atoms with Gasteiger partial charge in [-0.2, -0.15) is 0 Å². The number of anilines is 1. The van der Waals surface area contributed by atoms with Crippen LogP contribution in [0, 0.1) is 24.6 Å². The summed E-state index contributed by atoms with van der Waals surface area (Å²) in [5, 5.41) is 0. The number of aldehydes is 1. The number of carbonyl (C=O) groups excluding carboxylic acids is 1. The number of hydrogen-bond donors (Lipinski definition) is 1. The molecule has 2 N–H and O–H groups in total. The number of aryl methyl sites for hydroxylation is 1. The molecule has 0 spiro atoms. The van der Waals surface area contributed by atoms with E-state index in [0.717, 1.165) is 5.56 Å². The average molecular weight is 177 g/mol. The van der Waals surface area contributed by atoms with E-state index in [4.69, 9.17) is 5.73 Å². The highest BCUT2D eigenvalue weighted by atomic mass is 19.1. The number of hydrogen-bond acceptors (Lipinski definition) is 2. The second kappa shape index (κ2) is 3.72. The molecule has 0 aliphatic rings. The van der Waals surface area contributed by atoms with Gasteiger partial charge >= 0.3 is 0 Å². The van der Waals surface area contributed by atoms with E-state index in [1.54, 1.807) is 6.92 Å². The minimum absolute atomic E-state index is 0.0918. The van der Waals surface area contributed by atoms with Crippen molar-refractivity contribution in [1.29, 1.82) is 0 Å². The van der Waals surface area contributed by atoms with Crippen LogP contribution in [0.5, 0.6) is 0 Å². The lowest BCUT2D eigenvalue weighted by atomic mass is 10.1. The quantitative estimate of drug-likeness (QED) is 0.368. The molecule has 0 aliphatic carbocycles. The predicted molar refractivity (Wildman–Crippen MR) is 48.5 cm³/mol. The molecule has 2 nitrogen and oxygen atoms in total. The Morgan fingerprint density at radius 3 is 2.85 bits per heavy atom. The first-order chi connectivity index (χ1) is 6.15. The van der Waals surface area contributed by atoms with E-state index < -0.39 is 5.82 Å². The first-order valence-corrected chi connectivity index (χ1v) is 3.66. The van der Waals surface area contributed by atoms with Gasteiger partial charge in [0.15, 0.2) is 6.29 Å². The molecule has 1 aromatic rings. The zero-order valence-corrected chi connectivity index (χ0v) is 7.10. The summed E-state index contributed by atoms with van der Waals surface area (Å²) < 4.78 is 12.9. The van der Waals surface area contributed by atoms with E-state index >= 15 is 0 Å². The van der Waals surface area contributed by atoms with Crippen LogP contribution in [0.2, 0.25) is 0 Å². The van der Waals surface area contributed by atoms with Crippen LogP contribution in [0.15, 0.2) is 12.1 Å². The topological polar surface area (TPSA) is 43.1 Å². The molecule has 66 valence electrons. The molecule has 13 heavy (non-hydrogen) atoms. The van der Waals surface area contributed by atoms with Crippen molar-refractivity contribution >= 4 is 12.0 Å². The van der Waals surface area contributed by atoms with Gasteiger partial charge in [0.25, 0.3) is 0 Å². The number of nitrogen functional groups attached to an aromatic ring is 1. The Morgan fingerprint density at radius 1 is 1.54 bits per heavy atom. The maximum absolute atomic E-state index is 12.9. The van der Waals surface area contributed by atoms with Crippen molar-refractivity contribution < 1.29 is 9.18 Å². The minimum atomic E-state index is -0.513. The van der Waals surface area contributed by atoms with E-state index in [2.05, 4.69) is 11.8 Å². The Labute approximate surface area is 75.6 Å². The molecule has 0 aromatic heterocycles. The first kappa shape index (κ1) is 9.27. The van der Waals surface area contributed by atoms with Gasteiger partial charge in [0.2, 0.25) is 0 Å². The maximum Gasteiger partial charge on any atom is 0.193 e. The van der Waals surface area contributed by atoms with Crippen molar-refractivity contribution in [2.24, 2.45) is 0 Å². The molecule has 0 aliphatic heterocycles. The lowest BCUT2D eigenvalue weighted by Crippen LogP contribution is -1.93. The molecular formula is C10H8FNO. The Hall–Kier alpha value is -1.82. The van der Waals surface area contributed by atoms with E-state index in [9.17, 15) is 9.18 Å². The summed E-state index contributed by atoms with van der Waals surface area (Å²) in [4.78, 5) is 9.95. The van der Waals surface area contributed by atoms with Crippen LogP contribution >= 0.6 is 0 Å². The molecule has 1 rings (SSSR count). The van der Waals surface area contributed by atoms with Crippen LogP contribution in [-0.2, 0) is 4.79 Å². The summed E-state index contributed by atoms with van der Waals surface area (Å²) in [5.74, 6) is 4.22. The fourth-order valence-corrected chi connectivity index (χ4v) is 0.946. The SMILES string of the molecule is Cc1cc(N)c(F)cc1C#CC=O. The monoisotopic (exact) mass is 177 g/mol. The predicted octanol–water partition coefficient (Wildman–Crippen LogP) is 1.27.